The lowest BCUT2D eigenvalue weighted by atomic mass is 9.97. The lowest BCUT2D eigenvalue weighted by Crippen LogP contribution is -2.43. The molecule has 0 radical (unpaired) electrons. The van der Waals surface area contributed by atoms with E-state index in [2.05, 4.69) is 14.5 Å². The summed E-state index contributed by atoms with van der Waals surface area (Å²) in [5.41, 5.74) is -0.575. The number of imidazole rings is 1. The molecule has 25 heavy (non-hydrogen) atoms. The van der Waals surface area contributed by atoms with E-state index in [-0.39, 0.29) is 12.3 Å². The standard InChI is InChI=1S/C17H23N5O3/c1-12-18-5-7-21(12)10-13-4-3-6-22(11-13)15(23)8-14-9-19-17(25)20(2)16(14)24/h5,7,9,13H,3-4,6,8,10-11H2,1-2H3,(H,19,25)/t13-/m1/s1. The Morgan fingerprint density at radius 1 is 1.40 bits per heavy atom. The molecule has 8 nitrogen and oxygen atoms in total. The van der Waals surface area contributed by atoms with Crippen LogP contribution in [0.1, 0.15) is 24.2 Å². The summed E-state index contributed by atoms with van der Waals surface area (Å²) in [4.78, 5) is 44.6. The predicted molar refractivity (Wildman–Crippen MR) is 92.3 cm³/mol. The molecule has 2 aromatic rings. The van der Waals surface area contributed by atoms with Gasteiger partial charge in [0.05, 0.1) is 6.42 Å². The fourth-order valence-electron chi connectivity index (χ4n) is 3.33. The summed E-state index contributed by atoms with van der Waals surface area (Å²) in [5.74, 6) is 1.28. The van der Waals surface area contributed by atoms with Crippen LogP contribution in [0, 0.1) is 12.8 Å². The maximum absolute atomic E-state index is 12.6. The molecule has 3 heterocycles. The molecular formula is C17H23N5O3. The second-order valence-electron chi connectivity index (χ2n) is 6.63. The first kappa shape index (κ1) is 17.2. The molecule has 0 aliphatic carbocycles. The Morgan fingerprint density at radius 2 is 2.20 bits per heavy atom. The van der Waals surface area contributed by atoms with E-state index in [1.54, 1.807) is 6.20 Å². The maximum Gasteiger partial charge on any atom is 0.328 e. The van der Waals surface area contributed by atoms with Gasteiger partial charge in [-0.25, -0.2) is 9.78 Å². The highest BCUT2D eigenvalue weighted by Crippen LogP contribution is 2.19. The zero-order valence-corrected chi connectivity index (χ0v) is 14.6. The van der Waals surface area contributed by atoms with Gasteiger partial charge in [0.1, 0.15) is 5.82 Å². The van der Waals surface area contributed by atoms with E-state index in [0.29, 0.717) is 24.6 Å². The van der Waals surface area contributed by atoms with Crippen molar-refractivity contribution in [3.63, 3.8) is 0 Å². The van der Waals surface area contributed by atoms with Gasteiger partial charge in [0, 0.05) is 50.8 Å². The molecule has 0 bridgehead atoms. The van der Waals surface area contributed by atoms with Crippen molar-refractivity contribution in [1.82, 2.24) is 24.0 Å². The highest BCUT2D eigenvalue weighted by Gasteiger charge is 2.25. The number of hydrogen-bond acceptors (Lipinski definition) is 4. The number of nitrogens with zero attached hydrogens (tertiary/aromatic N) is 4. The van der Waals surface area contributed by atoms with Gasteiger partial charge in [-0.05, 0) is 25.7 Å². The Hall–Kier alpha value is -2.64. The third kappa shape index (κ3) is 3.72. The van der Waals surface area contributed by atoms with Crippen LogP contribution in [0.25, 0.3) is 0 Å². The van der Waals surface area contributed by atoms with E-state index in [9.17, 15) is 14.4 Å². The minimum atomic E-state index is -0.477. The number of nitrogens with one attached hydrogen (secondary N) is 1. The van der Waals surface area contributed by atoms with E-state index in [0.717, 1.165) is 29.8 Å². The molecule has 1 fully saturated rings. The number of piperidine rings is 1. The fourth-order valence-corrected chi connectivity index (χ4v) is 3.33. The van der Waals surface area contributed by atoms with Crippen molar-refractivity contribution < 1.29 is 4.79 Å². The summed E-state index contributed by atoms with van der Waals surface area (Å²) in [6.45, 7) is 4.20. The Labute approximate surface area is 145 Å². The summed E-state index contributed by atoms with van der Waals surface area (Å²) in [5, 5.41) is 0. The molecular weight excluding hydrogens is 322 g/mol. The second kappa shape index (κ2) is 7.08. The normalized spacial score (nSPS) is 17.7. The van der Waals surface area contributed by atoms with Gasteiger partial charge in [0.2, 0.25) is 5.91 Å². The number of aryl methyl sites for hydroxylation is 1. The number of amides is 1. The minimum Gasteiger partial charge on any atom is -0.342 e. The largest absolute Gasteiger partial charge is 0.342 e. The van der Waals surface area contributed by atoms with Crippen molar-refractivity contribution in [1.29, 1.82) is 0 Å². The minimum absolute atomic E-state index is 0.0142. The monoisotopic (exact) mass is 345 g/mol. The Kier molecular flexibility index (Phi) is 4.87. The average Bonchev–Trinajstić information content (AvgIpc) is 3.00. The molecule has 0 saturated carbocycles. The quantitative estimate of drug-likeness (QED) is 0.848. The smallest absolute Gasteiger partial charge is 0.328 e. The lowest BCUT2D eigenvalue weighted by molar-refractivity contribution is -0.132. The first-order chi connectivity index (χ1) is 12.0. The van der Waals surface area contributed by atoms with Crippen LogP contribution in [0.5, 0.6) is 0 Å². The molecule has 1 atom stereocenters. The van der Waals surface area contributed by atoms with Crippen molar-refractivity contribution in [2.24, 2.45) is 13.0 Å². The van der Waals surface area contributed by atoms with Crippen LogP contribution in [0.15, 0.2) is 28.2 Å². The summed E-state index contributed by atoms with van der Waals surface area (Å²) < 4.78 is 3.10. The Balaban J connectivity index is 1.66. The summed E-state index contributed by atoms with van der Waals surface area (Å²) in [7, 11) is 1.40. The number of carbonyl (C=O) groups excluding carboxylic acids is 1. The SMILES string of the molecule is Cc1nccn1C[C@H]1CCCN(C(=O)Cc2c[nH]c(=O)n(C)c2=O)C1. The van der Waals surface area contributed by atoms with Crippen LogP contribution in [-0.2, 0) is 24.8 Å². The molecule has 2 aromatic heterocycles. The van der Waals surface area contributed by atoms with Gasteiger partial charge in [-0.2, -0.15) is 0 Å². The first-order valence-corrected chi connectivity index (χ1v) is 8.49. The van der Waals surface area contributed by atoms with Crippen molar-refractivity contribution >= 4 is 5.91 Å². The zero-order valence-electron chi connectivity index (χ0n) is 14.6. The number of aromatic nitrogens is 4. The molecule has 0 spiro atoms. The zero-order chi connectivity index (χ0) is 18.0. The molecule has 134 valence electrons. The van der Waals surface area contributed by atoms with Gasteiger partial charge in [-0.1, -0.05) is 0 Å². The van der Waals surface area contributed by atoms with Crippen LogP contribution < -0.4 is 11.2 Å². The molecule has 0 aromatic carbocycles. The molecule has 1 aliphatic heterocycles. The van der Waals surface area contributed by atoms with E-state index in [1.165, 1.54) is 13.2 Å². The average molecular weight is 345 g/mol. The Morgan fingerprint density at radius 3 is 2.92 bits per heavy atom. The maximum atomic E-state index is 12.6. The third-order valence-electron chi connectivity index (χ3n) is 4.85. The van der Waals surface area contributed by atoms with E-state index in [1.807, 2.05) is 18.0 Å². The van der Waals surface area contributed by atoms with Gasteiger partial charge >= 0.3 is 5.69 Å². The lowest BCUT2D eigenvalue weighted by Gasteiger charge is -2.33. The summed E-state index contributed by atoms with van der Waals surface area (Å²) >= 11 is 0. The van der Waals surface area contributed by atoms with Crippen molar-refractivity contribution in [2.45, 2.75) is 32.7 Å². The van der Waals surface area contributed by atoms with E-state index < -0.39 is 11.2 Å². The predicted octanol–water partition coefficient (Wildman–Crippen LogP) is 0.0598. The Bertz CT molecular complexity index is 879. The topological polar surface area (TPSA) is 93.0 Å². The molecule has 1 aliphatic rings. The van der Waals surface area contributed by atoms with Crippen LogP contribution in [0.3, 0.4) is 0 Å². The van der Waals surface area contributed by atoms with Gasteiger partial charge < -0.3 is 14.5 Å². The molecule has 1 saturated heterocycles. The van der Waals surface area contributed by atoms with E-state index >= 15 is 0 Å². The van der Waals surface area contributed by atoms with Gasteiger partial charge in [0.15, 0.2) is 0 Å². The van der Waals surface area contributed by atoms with Gasteiger partial charge in [-0.3, -0.25) is 14.2 Å². The van der Waals surface area contributed by atoms with Crippen molar-refractivity contribution in [3.8, 4) is 0 Å². The highest BCUT2D eigenvalue weighted by molar-refractivity contribution is 5.78. The number of aromatic amines is 1. The van der Waals surface area contributed by atoms with Crippen LogP contribution in [0.2, 0.25) is 0 Å². The van der Waals surface area contributed by atoms with Crippen molar-refractivity contribution in [3.05, 3.63) is 50.8 Å². The van der Waals surface area contributed by atoms with Gasteiger partial charge in [0.25, 0.3) is 5.56 Å². The molecule has 3 rings (SSSR count). The number of rotatable bonds is 4. The molecule has 1 amide bonds. The fraction of sp³-hybridized carbons (Fsp3) is 0.529. The number of H-pyrrole nitrogens is 1. The summed E-state index contributed by atoms with van der Waals surface area (Å²) in [6, 6.07) is 0. The van der Waals surface area contributed by atoms with Crippen LogP contribution in [-0.4, -0.2) is 43.0 Å². The first-order valence-electron chi connectivity index (χ1n) is 8.49. The van der Waals surface area contributed by atoms with Gasteiger partial charge in [-0.15, -0.1) is 0 Å². The molecule has 8 heteroatoms. The highest BCUT2D eigenvalue weighted by atomic mass is 16.2. The molecule has 1 N–H and O–H groups in total. The van der Waals surface area contributed by atoms with Crippen LogP contribution >= 0.6 is 0 Å². The van der Waals surface area contributed by atoms with Crippen LogP contribution in [0.4, 0.5) is 0 Å². The van der Waals surface area contributed by atoms with Crippen molar-refractivity contribution in [2.75, 3.05) is 13.1 Å². The number of likely N-dealkylation sites (tertiary alicyclic amines) is 1. The third-order valence-corrected chi connectivity index (χ3v) is 4.85. The number of hydrogen-bond donors (Lipinski definition) is 1. The second-order valence-corrected chi connectivity index (χ2v) is 6.63. The molecule has 0 unspecified atom stereocenters. The number of carbonyl (C=O) groups is 1. The summed E-state index contributed by atoms with van der Waals surface area (Å²) in [6.07, 6.45) is 7.13. The van der Waals surface area contributed by atoms with E-state index in [4.69, 9.17) is 0 Å².